The molecule has 1 amide bonds. The summed E-state index contributed by atoms with van der Waals surface area (Å²) in [5.41, 5.74) is 2.52. The van der Waals surface area contributed by atoms with E-state index in [0.717, 1.165) is 25.8 Å². The van der Waals surface area contributed by atoms with E-state index < -0.39 is 0 Å². The molecule has 0 saturated heterocycles. The molecule has 19 heavy (non-hydrogen) atoms. The van der Waals surface area contributed by atoms with Gasteiger partial charge in [0, 0.05) is 18.2 Å². The highest BCUT2D eigenvalue weighted by atomic mass is 16.1. The van der Waals surface area contributed by atoms with Crippen LogP contribution in [0.5, 0.6) is 0 Å². The van der Waals surface area contributed by atoms with Gasteiger partial charge in [0.05, 0.1) is 6.04 Å². The SMILES string of the molecule is O=C(NC1CNc2ccccc2C1)C1CCCCC1. The average Bonchev–Trinajstić information content (AvgIpc) is 2.48. The largest absolute Gasteiger partial charge is 0.383 e. The van der Waals surface area contributed by atoms with Crippen LogP contribution in [0.1, 0.15) is 37.7 Å². The molecule has 1 atom stereocenters. The maximum Gasteiger partial charge on any atom is 0.223 e. The Kier molecular flexibility index (Phi) is 3.72. The molecule has 1 fully saturated rings. The fourth-order valence-corrected chi connectivity index (χ4v) is 3.23. The monoisotopic (exact) mass is 258 g/mol. The lowest BCUT2D eigenvalue weighted by Crippen LogP contribution is -2.46. The molecular weight excluding hydrogens is 236 g/mol. The second kappa shape index (κ2) is 5.64. The van der Waals surface area contributed by atoms with Gasteiger partial charge in [-0.1, -0.05) is 37.5 Å². The summed E-state index contributed by atoms with van der Waals surface area (Å²) in [6.07, 6.45) is 6.81. The number of hydrogen-bond acceptors (Lipinski definition) is 2. The molecule has 3 nitrogen and oxygen atoms in total. The second-order valence-corrected chi connectivity index (χ2v) is 5.78. The Morgan fingerprint density at radius 2 is 1.95 bits per heavy atom. The Balaban J connectivity index is 1.58. The van der Waals surface area contributed by atoms with Crippen molar-refractivity contribution in [2.75, 3.05) is 11.9 Å². The number of rotatable bonds is 2. The lowest BCUT2D eigenvalue weighted by molar-refractivity contribution is -0.126. The maximum absolute atomic E-state index is 12.2. The first-order chi connectivity index (χ1) is 9.33. The Bertz CT molecular complexity index is 452. The summed E-state index contributed by atoms with van der Waals surface area (Å²) in [5.74, 6) is 0.525. The highest BCUT2D eigenvalue weighted by Gasteiger charge is 2.25. The molecule has 0 radical (unpaired) electrons. The number of anilines is 1. The summed E-state index contributed by atoms with van der Waals surface area (Å²) < 4.78 is 0. The minimum Gasteiger partial charge on any atom is -0.383 e. The van der Waals surface area contributed by atoms with E-state index in [2.05, 4.69) is 28.8 Å². The number of carbonyl (C=O) groups excluding carboxylic acids is 1. The van der Waals surface area contributed by atoms with Crippen molar-refractivity contribution in [3.63, 3.8) is 0 Å². The van der Waals surface area contributed by atoms with Gasteiger partial charge in [0.25, 0.3) is 0 Å². The Labute approximate surface area is 114 Å². The van der Waals surface area contributed by atoms with Crippen molar-refractivity contribution >= 4 is 11.6 Å². The lowest BCUT2D eigenvalue weighted by atomic mass is 9.88. The number of para-hydroxylation sites is 1. The maximum atomic E-state index is 12.2. The van der Waals surface area contributed by atoms with E-state index in [1.165, 1.54) is 30.5 Å². The van der Waals surface area contributed by atoms with E-state index in [1.807, 2.05) is 6.07 Å². The van der Waals surface area contributed by atoms with Crippen LogP contribution in [0.15, 0.2) is 24.3 Å². The number of carbonyl (C=O) groups is 1. The summed E-state index contributed by atoms with van der Waals surface area (Å²) in [5, 5.41) is 6.63. The van der Waals surface area contributed by atoms with Gasteiger partial charge in [-0.2, -0.15) is 0 Å². The van der Waals surface area contributed by atoms with Crippen molar-refractivity contribution < 1.29 is 4.79 Å². The predicted molar refractivity (Wildman–Crippen MR) is 77.1 cm³/mol. The molecule has 1 saturated carbocycles. The molecule has 1 aromatic carbocycles. The molecule has 1 unspecified atom stereocenters. The quantitative estimate of drug-likeness (QED) is 0.856. The molecule has 2 aliphatic rings. The molecule has 0 spiro atoms. The van der Waals surface area contributed by atoms with E-state index in [-0.39, 0.29) is 17.9 Å². The Morgan fingerprint density at radius 1 is 1.16 bits per heavy atom. The van der Waals surface area contributed by atoms with E-state index >= 15 is 0 Å². The van der Waals surface area contributed by atoms with Crippen LogP contribution in [0.25, 0.3) is 0 Å². The molecule has 3 heteroatoms. The summed E-state index contributed by atoms with van der Waals surface area (Å²) in [4.78, 5) is 12.2. The Morgan fingerprint density at radius 3 is 2.79 bits per heavy atom. The Hall–Kier alpha value is -1.51. The molecule has 0 bridgehead atoms. The van der Waals surface area contributed by atoms with Crippen LogP contribution in [0.2, 0.25) is 0 Å². The van der Waals surface area contributed by atoms with E-state index in [1.54, 1.807) is 0 Å². The zero-order valence-corrected chi connectivity index (χ0v) is 11.3. The van der Waals surface area contributed by atoms with Crippen LogP contribution in [0, 0.1) is 5.92 Å². The first-order valence-electron chi connectivity index (χ1n) is 7.45. The second-order valence-electron chi connectivity index (χ2n) is 5.78. The van der Waals surface area contributed by atoms with Crippen molar-refractivity contribution in [1.29, 1.82) is 0 Å². The van der Waals surface area contributed by atoms with Gasteiger partial charge < -0.3 is 10.6 Å². The molecule has 2 N–H and O–H groups in total. The first-order valence-corrected chi connectivity index (χ1v) is 7.45. The van der Waals surface area contributed by atoms with Crippen molar-refractivity contribution in [2.24, 2.45) is 5.92 Å². The van der Waals surface area contributed by atoms with Crippen LogP contribution >= 0.6 is 0 Å². The molecule has 1 aliphatic carbocycles. The summed E-state index contributed by atoms with van der Waals surface area (Å²) >= 11 is 0. The first kappa shape index (κ1) is 12.5. The van der Waals surface area contributed by atoms with Crippen molar-refractivity contribution in [3.8, 4) is 0 Å². The molecular formula is C16H22N2O. The minimum atomic E-state index is 0.240. The van der Waals surface area contributed by atoms with E-state index in [9.17, 15) is 4.79 Å². The molecule has 1 heterocycles. The average molecular weight is 258 g/mol. The summed E-state index contributed by atoms with van der Waals surface area (Å²) in [6.45, 7) is 0.843. The fourth-order valence-electron chi connectivity index (χ4n) is 3.23. The molecule has 1 aliphatic heterocycles. The number of fused-ring (bicyclic) bond motifs is 1. The predicted octanol–water partition coefficient (Wildman–Crippen LogP) is 2.72. The highest BCUT2D eigenvalue weighted by molar-refractivity contribution is 5.79. The van der Waals surface area contributed by atoms with Crippen LogP contribution in [-0.4, -0.2) is 18.5 Å². The van der Waals surface area contributed by atoms with E-state index in [4.69, 9.17) is 0 Å². The molecule has 3 rings (SSSR count). The lowest BCUT2D eigenvalue weighted by Gasteiger charge is -2.29. The van der Waals surface area contributed by atoms with Gasteiger partial charge >= 0.3 is 0 Å². The van der Waals surface area contributed by atoms with Gasteiger partial charge in [0.15, 0.2) is 0 Å². The van der Waals surface area contributed by atoms with E-state index in [0.29, 0.717) is 0 Å². The summed E-state index contributed by atoms with van der Waals surface area (Å²) in [6, 6.07) is 8.60. The van der Waals surface area contributed by atoms with Gasteiger partial charge in [0.2, 0.25) is 5.91 Å². The van der Waals surface area contributed by atoms with Gasteiger partial charge in [-0.15, -0.1) is 0 Å². The van der Waals surface area contributed by atoms with Crippen molar-refractivity contribution in [1.82, 2.24) is 5.32 Å². The molecule has 1 aromatic rings. The van der Waals surface area contributed by atoms with Crippen LogP contribution in [0.3, 0.4) is 0 Å². The zero-order chi connectivity index (χ0) is 13.1. The number of benzene rings is 1. The number of hydrogen-bond donors (Lipinski definition) is 2. The smallest absolute Gasteiger partial charge is 0.223 e. The highest BCUT2D eigenvalue weighted by Crippen LogP contribution is 2.25. The standard InChI is InChI=1S/C16H22N2O/c19-16(12-6-2-1-3-7-12)18-14-10-13-8-4-5-9-15(13)17-11-14/h4-5,8-9,12,14,17H,1-3,6-7,10-11H2,(H,18,19). The summed E-state index contributed by atoms with van der Waals surface area (Å²) in [7, 11) is 0. The van der Waals surface area contributed by atoms with Crippen LogP contribution in [0.4, 0.5) is 5.69 Å². The number of amides is 1. The minimum absolute atomic E-state index is 0.240. The third-order valence-corrected chi connectivity index (χ3v) is 4.34. The molecule has 0 aromatic heterocycles. The van der Waals surface area contributed by atoms with Gasteiger partial charge in [-0.05, 0) is 30.9 Å². The molecule has 102 valence electrons. The third-order valence-electron chi connectivity index (χ3n) is 4.34. The third kappa shape index (κ3) is 2.91. The van der Waals surface area contributed by atoms with Crippen LogP contribution in [-0.2, 0) is 11.2 Å². The van der Waals surface area contributed by atoms with Crippen molar-refractivity contribution in [2.45, 2.75) is 44.6 Å². The van der Waals surface area contributed by atoms with Gasteiger partial charge in [-0.3, -0.25) is 4.79 Å². The fraction of sp³-hybridized carbons (Fsp3) is 0.562. The van der Waals surface area contributed by atoms with Gasteiger partial charge in [0.1, 0.15) is 0 Å². The normalized spacial score (nSPS) is 23.3. The van der Waals surface area contributed by atoms with Gasteiger partial charge in [-0.25, -0.2) is 0 Å². The van der Waals surface area contributed by atoms with Crippen molar-refractivity contribution in [3.05, 3.63) is 29.8 Å². The topological polar surface area (TPSA) is 41.1 Å². The number of nitrogens with one attached hydrogen (secondary N) is 2. The zero-order valence-electron chi connectivity index (χ0n) is 11.3. The van der Waals surface area contributed by atoms with Crippen LogP contribution < -0.4 is 10.6 Å².